The maximum absolute atomic E-state index is 12.0. The SMILES string of the molecule is CCc1ccc(NCC(=O)Nc2ccc3c(c2)OCO3)cc1[N+](=O)[O-]. The molecule has 0 saturated carbocycles. The van der Waals surface area contributed by atoms with E-state index in [0.29, 0.717) is 34.9 Å². The number of carbonyl (C=O) groups is 1. The number of hydrogen-bond donors (Lipinski definition) is 2. The predicted molar refractivity (Wildman–Crippen MR) is 92.2 cm³/mol. The molecule has 1 aliphatic heterocycles. The van der Waals surface area contributed by atoms with Gasteiger partial charge in [0, 0.05) is 29.1 Å². The molecule has 1 amide bonds. The molecule has 2 N–H and O–H groups in total. The summed E-state index contributed by atoms with van der Waals surface area (Å²) >= 11 is 0. The maximum atomic E-state index is 12.0. The summed E-state index contributed by atoms with van der Waals surface area (Å²) < 4.78 is 10.5. The summed E-state index contributed by atoms with van der Waals surface area (Å²) in [5, 5.41) is 16.7. The number of nitro groups is 1. The van der Waals surface area contributed by atoms with E-state index in [1.165, 1.54) is 6.07 Å². The van der Waals surface area contributed by atoms with Gasteiger partial charge in [-0.25, -0.2) is 0 Å². The number of aryl methyl sites for hydroxylation is 1. The fourth-order valence-corrected chi connectivity index (χ4v) is 2.50. The highest BCUT2D eigenvalue weighted by Crippen LogP contribution is 2.34. The molecule has 8 nitrogen and oxygen atoms in total. The summed E-state index contributed by atoms with van der Waals surface area (Å²) in [6, 6.07) is 9.97. The van der Waals surface area contributed by atoms with Crippen LogP contribution in [0.1, 0.15) is 12.5 Å². The summed E-state index contributed by atoms with van der Waals surface area (Å²) in [5.41, 5.74) is 1.80. The molecule has 3 rings (SSSR count). The normalized spacial score (nSPS) is 11.9. The topological polar surface area (TPSA) is 103 Å². The minimum absolute atomic E-state index is 0.0168. The number of nitro benzene ring substituents is 1. The molecule has 2 aromatic rings. The summed E-state index contributed by atoms with van der Waals surface area (Å²) in [7, 11) is 0. The van der Waals surface area contributed by atoms with E-state index in [1.807, 2.05) is 6.92 Å². The van der Waals surface area contributed by atoms with Gasteiger partial charge in [0.05, 0.1) is 11.5 Å². The number of ether oxygens (including phenoxy) is 2. The Hall–Kier alpha value is -3.29. The second-order valence-electron chi connectivity index (χ2n) is 5.42. The Bertz CT molecular complexity index is 822. The number of amides is 1. The van der Waals surface area contributed by atoms with Crippen LogP contribution < -0.4 is 20.1 Å². The first kappa shape index (κ1) is 16.6. The number of nitrogens with one attached hydrogen (secondary N) is 2. The number of rotatable bonds is 6. The van der Waals surface area contributed by atoms with Crippen molar-refractivity contribution in [2.24, 2.45) is 0 Å². The molecule has 0 spiro atoms. The van der Waals surface area contributed by atoms with Crippen LogP contribution in [-0.4, -0.2) is 24.2 Å². The third-order valence-corrected chi connectivity index (χ3v) is 3.77. The van der Waals surface area contributed by atoms with Crippen molar-refractivity contribution < 1.29 is 19.2 Å². The zero-order valence-electron chi connectivity index (χ0n) is 13.6. The highest BCUT2D eigenvalue weighted by Gasteiger charge is 2.15. The second kappa shape index (κ2) is 7.08. The molecule has 25 heavy (non-hydrogen) atoms. The first-order chi connectivity index (χ1) is 12.1. The fraction of sp³-hybridized carbons (Fsp3) is 0.235. The molecule has 1 aliphatic rings. The Balaban J connectivity index is 1.60. The lowest BCUT2D eigenvalue weighted by molar-refractivity contribution is -0.385. The van der Waals surface area contributed by atoms with Gasteiger partial charge in [0.2, 0.25) is 12.7 Å². The zero-order chi connectivity index (χ0) is 17.8. The van der Waals surface area contributed by atoms with Gasteiger partial charge < -0.3 is 20.1 Å². The minimum Gasteiger partial charge on any atom is -0.454 e. The molecule has 0 bridgehead atoms. The quantitative estimate of drug-likeness (QED) is 0.617. The van der Waals surface area contributed by atoms with Crippen LogP contribution in [0.3, 0.4) is 0 Å². The van der Waals surface area contributed by atoms with E-state index in [0.717, 1.165) is 0 Å². The van der Waals surface area contributed by atoms with Crippen LogP contribution in [0.2, 0.25) is 0 Å². The van der Waals surface area contributed by atoms with E-state index in [1.54, 1.807) is 30.3 Å². The maximum Gasteiger partial charge on any atom is 0.274 e. The van der Waals surface area contributed by atoms with Gasteiger partial charge in [-0.3, -0.25) is 14.9 Å². The van der Waals surface area contributed by atoms with Gasteiger partial charge in [-0.05, 0) is 24.6 Å². The molecule has 0 saturated heterocycles. The van der Waals surface area contributed by atoms with Crippen LogP contribution in [0, 0.1) is 10.1 Å². The summed E-state index contributed by atoms with van der Waals surface area (Å²) in [6.07, 6.45) is 0.571. The molecule has 0 atom stereocenters. The van der Waals surface area contributed by atoms with E-state index in [2.05, 4.69) is 10.6 Å². The van der Waals surface area contributed by atoms with Crippen LogP contribution >= 0.6 is 0 Å². The van der Waals surface area contributed by atoms with Crippen molar-refractivity contribution in [2.45, 2.75) is 13.3 Å². The van der Waals surface area contributed by atoms with Gasteiger partial charge in [-0.15, -0.1) is 0 Å². The van der Waals surface area contributed by atoms with Gasteiger partial charge in [0.1, 0.15) is 0 Å². The number of hydrogen-bond acceptors (Lipinski definition) is 6. The van der Waals surface area contributed by atoms with E-state index in [-0.39, 0.29) is 24.9 Å². The van der Waals surface area contributed by atoms with Crippen molar-refractivity contribution in [1.82, 2.24) is 0 Å². The van der Waals surface area contributed by atoms with Crippen molar-refractivity contribution in [1.29, 1.82) is 0 Å². The lowest BCUT2D eigenvalue weighted by Gasteiger charge is -2.09. The Morgan fingerprint density at radius 1 is 1.16 bits per heavy atom. The van der Waals surface area contributed by atoms with Gasteiger partial charge >= 0.3 is 0 Å². The van der Waals surface area contributed by atoms with Gasteiger partial charge in [-0.1, -0.05) is 13.0 Å². The van der Waals surface area contributed by atoms with Crippen LogP contribution in [-0.2, 0) is 11.2 Å². The van der Waals surface area contributed by atoms with Crippen LogP contribution in [0.15, 0.2) is 36.4 Å². The van der Waals surface area contributed by atoms with Crippen LogP contribution in [0.4, 0.5) is 17.1 Å². The smallest absolute Gasteiger partial charge is 0.274 e. The van der Waals surface area contributed by atoms with Crippen LogP contribution in [0.25, 0.3) is 0 Å². The molecular formula is C17H17N3O5. The van der Waals surface area contributed by atoms with Gasteiger partial charge in [0.15, 0.2) is 11.5 Å². The van der Waals surface area contributed by atoms with E-state index in [9.17, 15) is 14.9 Å². The minimum atomic E-state index is -0.420. The van der Waals surface area contributed by atoms with E-state index in [4.69, 9.17) is 9.47 Å². The third kappa shape index (κ3) is 3.79. The highest BCUT2D eigenvalue weighted by molar-refractivity contribution is 5.94. The summed E-state index contributed by atoms with van der Waals surface area (Å²) in [5.74, 6) is 0.942. The fourth-order valence-electron chi connectivity index (χ4n) is 2.50. The number of anilines is 2. The Morgan fingerprint density at radius 2 is 1.92 bits per heavy atom. The predicted octanol–water partition coefficient (Wildman–Crippen LogP) is 2.94. The van der Waals surface area contributed by atoms with Crippen molar-refractivity contribution in [3.8, 4) is 11.5 Å². The van der Waals surface area contributed by atoms with Crippen molar-refractivity contribution >= 4 is 23.0 Å². The second-order valence-corrected chi connectivity index (χ2v) is 5.42. The third-order valence-electron chi connectivity index (χ3n) is 3.77. The van der Waals surface area contributed by atoms with Crippen molar-refractivity contribution in [3.05, 3.63) is 52.1 Å². The molecule has 0 radical (unpaired) electrons. The summed E-state index contributed by atoms with van der Waals surface area (Å²) in [4.78, 5) is 22.7. The lowest BCUT2D eigenvalue weighted by atomic mass is 10.1. The molecule has 0 fully saturated rings. The average Bonchev–Trinajstić information content (AvgIpc) is 3.07. The Morgan fingerprint density at radius 3 is 2.68 bits per heavy atom. The van der Waals surface area contributed by atoms with Gasteiger partial charge in [-0.2, -0.15) is 0 Å². The average molecular weight is 343 g/mol. The Labute approximate surface area is 143 Å². The van der Waals surface area contributed by atoms with E-state index < -0.39 is 4.92 Å². The molecule has 2 aromatic carbocycles. The van der Waals surface area contributed by atoms with Crippen LogP contribution in [0.5, 0.6) is 11.5 Å². The first-order valence-electron chi connectivity index (χ1n) is 7.77. The summed E-state index contributed by atoms with van der Waals surface area (Å²) in [6.45, 7) is 2.01. The number of carbonyl (C=O) groups excluding carboxylic acids is 1. The number of fused-ring (bicyclic) bond motifs is 1. The number of benzene rings is 2. The van der Waals surface area contributed by atoms with Gasteiger partial charge in [0.25, 0.3) is 5.69 Å². The molecule has 8 heteroatoms. The molecule has 130 valence electrons. The Kier molecular flexibility index (Phi) is 4.69. The molecule has 1 heterocycles. The molecule has 0 aliphatic carbocycles. The zero-order valence-corrected chi connectivity index (χ0v) is 13.6. The molecule has 0 unspecified atom stereocenters. The van der Waals surface area contributed by atoms with Crippen molar-refractivity contribution in [2.75, 3.05) is 24.0 Å². The molecular weight excluding hydrogens is 326 g/mol. The lowest BCUT2D eigenvalue weighted by Crippen LogP contribution is -2.21. The van der Waals surface area contributed by atoms with Crippen molar-refractivity contribution in [3.63, 3.8) is 0 Å². The monoisotopic (exact) mass is 343 g/mol. The number of nitrogens with zero attached hydrogens (tertiary/aromatic N) is 1. The highest BCUT2D eigenvalue weighted by atomic mass is 16.7. The first-order valence-corrected chi connectivity index (χ1v) is 7.77. The van der Waals surface area contributed by atoms with E-state index >= 15 is 0 Å². The standard InChI is InChI=1S/C17H17N3O5/c1-2-11-3-4-12(7-14(11)20(22)23)18-9-17(21)19-13-5-6-15-16(8-13)25-10-24-15/h3-8,18H,2,9-10H2,1H3,(H,19,21). The largest absolute Gasteiger partial charge is 0.454 e. The molecule has 0 aromatic heterocycles.